The van der Waals surface area contributed by atoms with Crippen molar-refractivity contribution in [3.8, 4) is 0 Å². The molecule has 0 radical (unpaired) electrons. The van der Waals surface area contributed by atoms with Crippen molar-refractivity contribution in [1.82, 2.24) is 4.31 Å². The molecular weight excluding hydrogens is 285 g/mol. The van der Waals surface area contributed by atoms with Crippen molar-refractivity contribution in [2.24, 2.45) is 0 Å². The van der Waals surface area contributed by atoms with E-state index in [1.54, 1.807) is 6.92 Å². The van der Waals surface area contributed by atoms with Gasteiger partial charge >= 0.3 is 0 Å². The minimum absolute atomic E-state index is 0.0275. The topological polar surface area (TPSA) is 57.6 Å². The summed E-state index contributed by atoms with van der Waals surface area (Å²) in [6.07, 6.45) is 0. The van der Waals surface area contributed by atoms with E-state index >= 15 is 0 Å². The van der Waals surface area contributed by atoms with Crippen LogP contribution in [0.1, 0.15) is 12.5 Å². The van der Waals surface area contributed by atoms with Gasteiger partial charge in [-0.05, 0) is 12.1 Å². The molecule has 0 bridgehead atoms. The van der Waals surface area contributed by atoms with Crippen LogP contribution in [0.25, 0.3) is 0 Å². The predicted octanol–water partition coefficient (Wildman–Crippen LogP) is 2.13. The smallest absolute Gasteiger partial charge is 0.244 e. The van der Waals surface area contributed by atoms with Crippen molar-refractivity contribution >= 4 is 33.2 Å². The van der Waals surface area contributed by atoms with Crippen LogP contribution in [0.15, 0.2) is 17.0 Å². The minimum atomic E-state index is -3.64. The number of rotatable bonds is 4. The van der Waals surface area contributed by atoms with Gasteiger partial charge in [-0.3, -0.25) is 0 Å². The van der Waals surface area contributed by atoms with Crippen molar-refractivity contribution in [2.75, 3.05) is 13.6 Å². The molecule has 1 aromatic rings. The van der Waals surface area contributed by atoms with E-state index in [0.29, 0.717) is 6.54 Å². The number of hydrogen-bond acceptors (Lipinski definition) is 3. The summed E-state index contributed by atoms with van der Waals surface area (Å²) in [5.41, 5.74) is 0.221. The average Bonchev–Trinajstić information content (AvgIpc) is 2.28. The number of aliphatic hydroxyl groups is 1. The van der Waals surface area contributed by atoms with Gasteiger partial charge in [-0.1, -0.05) is 30.1 Å². The zero-order chi connectivity index (χ0) is 13.2. The van der Waals surface area contributed by atoms with E-state index in [-0.39, 0.29) is 20.5 Å². The second-order valence-corrected chi connectivity index (χ2v) is 6.21. The second-order valence-electron chi connectivity index (χ2n) is 3.42. The molecule has 1 rings (SSSR count). The first-order chi connectivity index (χ1) is 7.86. The summed E-state index contributed by atoms with van der Waals surface area (Å²) in [5, 5.41) is 9.33. The van der Waals surface area contributed by atoms with E-state index in [0.717, 1.165) is 0 Å². The van der Waals surface area contributed by atoms with Crippen LogP contribution >= 0.6 is 23.2 Å². The molecule has 0 aromatic heterocycles. The third kappa shape index (κ3) is 2.74. The summed E-state index contributed by atoms with van der Waals surface area (Å²) >= 11 is 11.8. The average molecular weight is 298 g/mol. The van der Waals surface area contributed by atoms with Crippen LogP contribution in [0.5, 0.6) is 0 Å². The summed E-state index contributed by atoms with van der Waals surface area (Å²) in [5.74, 6) is 0. The molecule has 1 aromatic carbocycles. The van der Waals surface area contributed by atoms with Crippen LogP contribution in [0.4, 0.5) is 0 Å². The monoisotopic (exact) mass is 297 g/mol. The molecule has 0 amide bonds. The summed E-state index contributed by atoms with van der Waals surface area (Å²) in [4.78, 5) is -0.0445. The van der Waals surface area contributed by atoms with Crippen LogP contribution in [-0.2, 0) is 16.6 Å². The molecule has 0 saturated heterocycles. The molecule has 96 valence electrons. The summed E-state index contributed by atoms with van der Waals surface area (Å²) in [6.45, 7) is 1.64. The lowest BCUT2D eigenvalue weighted by Gasteiger charge is -2.17. The molecular formula is C10H13Cl2NO3S. The maximum atomic E-state index is 12.1. The minimum Gasteiger partial charge on any atom is -0.392 e. The molecule has 0 spiro atoms. The van der Waals surface area contributed by atoms with Gasteiger partial charge in [0.1, 0.15) is 4.90 Å². The number of benzene rings is 1. The first-order valence-electron chi connectivity index (χ1n) is 4.90. The maximum Gasteiger partial charge on any atom is 0.244 e. The van der Waals surface area contributed by atoms with Gasteiger partial charge in [0.15, 0.2) is 0 Å². The molecule has 1 N–H and O–H groups in total. The Morgan fingerprint density at radius 2 is 1.94 bits per heavy atom. The molecule has 7 heteroatoms. The zero-order valence-corrected chi connectivity index (χ0v) is 11.8. The molecule has 0 aliphatic heterocycles. The Kier molecular flexibility index (Phi) is 4.80. The Bertz CT molecular complexity index is 517. The fourth-order valence-corrected chi connectivity index (χ4v) is 3.31. The molecule has 4 nitrogen and oxygen atoms in total. The van der Waals surface area contributed by atoms with Crippen molar-refractivity contribution in [2.45, 2.75) is 18.4 Å². The highest BCUT2D eigenvalue weighted by atomic mass is 35.5. The van der Waals surface area contributed by atoms with Crippen molar-refractivity contribution in [3.05, 3.63) is 27.7 Å². The highest BCUT2D eigenvalue weighted by Crippen LogP contribution is 2.32. The standard InChI is InChI=1S/C10H13Cl2NO3S/c1-3-13(2)17(15,16)9-5-4-8(11)7(6-14)10(9)12/h4-5,14H,3,6H2,1-2H3. The Labute approximate surface area is 111 Å². The van der Waals surface area contributed by atoms with Crippen molar-refractivity contribution < 1.29 is 13.5 Å². The second kappa shape index (κ2) is 5.54. The summed E-state index contributed by atoms with van der Waals surface area (Å²) in [6, 6.07) is 2.75. The molecule has 0 atom stereocenters. The van der Waals surface area contributed by atoms with Crippen molar-refractivity contribution in [1.29, 1.82) is 0 Å². The summed E-state index contributed by atoms with van der Waals surface area (Å²) < 4.78 is 25.3. The van der Waals surface area contributed by atoms with Crippen LogP contribution < -0.4 is 0 Å². The zero-order valence-electron chi connectivity index (χ0n) is 9.44. The van der Waals surface area contributed by atoms with Crippen LogP contribution in [-0.4, -0.2) is 31.4 Å². The van der Waals surface area contributed by atoms with Gasteiger partial charge in [-0.15, -0.1) is 0 Å². The van der Waals surface area contributed by atoms with E-state index in [2.05, 4.69) is 0 Å². The largest absolute Gasteiger partial charge is 0.392 e. The SMILES string of the molecule is CCN(C)S(=O)(=O)c1ccc(Cl)c(CO)c1Cl. The lowest BCUT2D eigenvalue weighted by Crippen LogP contribution is -2.27. The molecule has 0 aliphatic carbocycles. The van der Waals surface area contributed by atoms with Gasteiger partial charge in [0.25, 0.3) is 0 Å². The van der Waals surface area contributed by atoms with Gasteiger partial charge in [0, 0.05) is 24.2 Å². The lowest BCUT2D eigenvalue weighted by molar-refractivity contribution is 0.281. The fraction of sp³-hybridized carbons (Fsp3) is 0.400. The van der Waals surface area contributed by atoms with E-state index in [9.17, 15) is 8.42 Å². The molecule has 0 unspecified atom stereocenters. The quantitative estimate of drug-likeness (QED) is 0.926. The Morgan fingerprint density at radius 1 is 1.35 bits per heavy atom. The van der Waals surface area contributed by atoms with E-state index < -0.39 is 16.6 Å². The summed E-state index contributed by atoms with van der Waals surface area (Å²) in [7, 11) is -2.18. The third-order valence-electron chi connectivity index (χ3n) is 2.44. The van der Waals surface area contributed by atoms with Gasteiger partial charge in [-0.25, -0.2) is 12.7 Å². The highest BCUT2D eigenvalue weighted by molar-refractivity contribution is 7.89. The molecule has 0 fully saturated rings. The van der Waals surface area contributed by atoms with Crippen LogP contribution in [0, 0.1) is 0 Å². The fourth-order valence-electron chi connectivity index (χ4n) is 1.26. The third-order valence-corrected chi connectivity index (χ3v) is 5.32. The van der Waals surface area contributed by atoms with E-state index in [1.807, 2.05) is 0 Å². The number of nitrogens with zero attached hydrogens (tertiary/aromatic N) is 1. The normalized spacial score (nSPS) is 12.1. The maximum absolute atomic E-state index is 12.1. The van der Waals surface area contributed by atoms with Crippen LogP contribution in [0.3, 0.4) is 0 Å². The molecule has 0 heterocycles. The number of halogens is 2. The first-order valence-corrected chi connectivity index (χ1v) is 7.10. The van der Waals surface area contributed by atoms with Gasteiger partial charge in [-0.2, -0.15) is 0 Å². The number of aliphatic hydroxyl groups excluding tert-OH is 1. The Hall–Kier alpha value is -0.330. The number of sulfonamides is 1. The highest BCUT2D eigenvalue weighted by Gasteiger charge is 2.24. The predicted molar refractivity (Wildman–Crippen MR) is 67.9 cm³/mol. The molecule has 0 aliphatic rings. The van der Waals surface area contributed by atoms with Crippen molar-refractivity contribution in [3.63, 3.8) is 0 Å². The van der Waals surface area contributed by atoms with E-state index in [4.69, 9.17) is 28.3 Å². The Balaban J connectivity index is 3.44. The Morgan fingerprint density at radius 3 is 2.41 bits per heavy atom. The van der Waals surface area contributed by atoms with Crippen LogP contribution in [0.2, 0.25) is 10.0 Å². The number of hydrogen-bond donors (Lipinski definition) is 1. The molecule has 0 saturated carbocycles. The van der Waals surface area contributed by atoms with E-state index in [1.165, 1.54) is 23.5 Å². The first kappa shape index (κ1) is 14.7. The van der Waals surface area contributed by atoms with Gasteiger partial charge < -0.3 is 5.11 Å². The lowest BCUT2D eigenvalue weighted by atomic mass is 10.2. The molecule has 17 heavy (non-hydrogen) atoms. The van der Waals surface area contributed by atoms with Gasteiger partial charge in [0.05, 0.1) is 11.6 Å². The van der Waals surface area contributed by atoms with Gasteiger partial charge in [0.2, 0.25) is 10.0 Å².